The predicted octanol–water partition coefficient (Wildman–Crippen LogP) is 3.66. The Hall–Kier alpha value is -4.60. The first-order valence-corrected chi connectivity index (χ1v) is 9.94. The van der Waals surface area contributed by atoms with Crippen LogP contribution in [0.5, 0.6) is 5.75 Å². The second kappa shape index (κ2) is 8.50. The second-order valence-corrected chi connectivity index (χ2v) is 7.61. The summed E-state index contributed by atoms with van der Waals surface area (Å²) in [7, 11) is 0. The number of hydrogen-bond acceptors (Lipinski definition) is 7. The van der Waals surface area contributed by atoms with Crippen molar-refractivity contribution in [1.82, 2.24) is 5.43 Å². The van der Waals surface area contributed by atoms with E-state index < -0.39 is 38.3 Å². The van der Waals surface area contributed by atoms with E-state index in [1.54, 1.807) is 0 Å². The molecule has 0 aliphatic heterocycles. The molecule has 166 valence electrons. The third-order valence-corrected chi connectivity index (χ3v) is 5.75. The molecule has 0 saturated heterocycles. The maximum Gasteiger partial charge on any atom is 0.318 e. The van der Waals surface area contributed by atoms with Crippen LogP contribution in [0.2, 0.25) is 0 Å². The largest absolute Gasteiger partial charge is 0.502 e. The lowest BCUT2D eigenvalue weighted by Gasteiger charge is -2.18. The smallest absolute Gasteiger partial charge is 0.318 e. The van der Waals surface area contributed by atoms with Gasteiger partial charge < -0.3 is 5.11 Å². The third kappa shape index (κ3) is 4.01. The summed E-state index contributed by atoms with van der Waals surface area (Å²) < 4.78 is 0. The number of carbonyl (C=O) groups excluding carboxylic acids is 1. The lowest BCUT2D eigenvalue weighted by atomic mass is 9.85. The van der Waals surface area contributed by atoms with Gasteiger partial charge in [-0.15, -0.1) is 0 Å². The Balaban J connectivity index is 1.58. The average molecular weight is 446 g/mol. The predicted molar refractivity (Wildman–Crippen MR) is 119 cm³/mol. The number of amides is 1. The van der Waals surface area contributed by atoms with Gasteiger partial charge in [-0.3, -0.25) is 25.0 Å². The molecule has 3 aromatic carbocycles. The highest BCUT2D eigenvalue weighted by Gasteiger charge is 2.60. The molecule has 2 N–H and O–H groups in total. The second-order valence-electron chi connectivity index (χ2n) is 7.61. The van der Waals surface area contributed by atoms with E-state index in [1.807, 2.05) is 60.7 Å². The number of phenolic OH excluding ortho intramolecular Hbond substituents is 1. The third-order valence-electron chi connectivity index (χ3n) is 5.75. The summed E-state index contributed by atoms with van der Waals surface area (Å²) in [6, 6.07) is 20.9. The van der Waals surface area contributed by atoms with E-state index >= 15 is 0 Å². The first-order chi connectivity index (χ1) is 15.8. The van der Waals surface area contributed by atoms with Crippen LogP contribution in [0.15, 0.2) is 77.9 Å². The van der Waals surface area contributed by atoms with Gasteiger partial charge in [0.05, 0.1) is 33.6 Å². The van der Waals surface area contributed by atoms with Crippen molar-refractivity contribution in [3.05, 3.63) is 110 Å². The average Bonchev–Trinajstić information content (AvgIpc) is 3.58. The van der Waals surface area contributed by atoms with Crippen molar-refractivity contribution in [2.24, 2.45) is 11.0 Å². The van der Waals surface area contributed by atoms with Crippen LogP contribution < -0.4 is 5.43 Å². The van der Waals surface area contributed by atoms with Crippen LogP contribution in [-0.4, -0.2) is 27.1 Å². The number of nitro groups is 2. The van der Waals surface area contributed by atoms with E-state index in [1.165, 1.54) is 0 Å². The van der Waals surface area contributed by atoms with Gasteiger partial charge in [-0.1, -0.05) is 60.7 Å². The van der Waals surface area contributed by atoms with E-state index in [0.717, 1.165) is 23.4 Å². The van der Waals surface area contributed by atoms with Gasteiger partial charge in [-0.25, -0.2) is 5.43 Å². The Morgan fingerprint density at radius 3 is 2.09 bits per heavy atom. The Kier molecular flexibility index (Phi) is 5.57. The number of phenols is 1. The molecule has 1 amide bonds. The number of non-ortho nitro benzene ring substituents is 1. The van der Waals surface area contributed by atoms with E-state index in [2.05, 4.69) is 10.5 Å². The van der Waals surface area contributed by atoms with Crippen LogP contribution in [-0.2, 0) is 10.2 Å². The fourth-order valence-electron chi connectivity index (χ4n) is 4.07. The molecule has 0 heterocycles. The molecule has 1 aliphatic carbocycles. The van der Waals surface area contributed by atoms with Crippen molar-refractivity contribution >= 4 is 23.5 Å². The minimum absolute atomic E-state index is 0.260. The van der Waals surface area contributed by atoms with Crippen LogP contribution in [0.1, 0.15) is 23.1 Å². The number of nitrogens with zero attached hydrogens (tertiary/aromatic N) is 3. The fourth-order valence-corrected chi connectivity index (χ4v) is 4.07. The zero-order chi connectivity index (χ0) is 23.6. The van der Waals surface area contributed by atoms with E-state index in [9.17, 15) is 30.1 Å². The highest BCUT2D eigenvalue weighted by molar-refractivity contribution is 5.90. The fraction of sp³-hybridized carbons (Fsp3) is 0.130. The van der Waals surface area contributed by atoms with Crippen molar-refractivity contribution < 1.29 is 19.7 Å². The summed E-state index contributed by atoms with van der Waals surface area (Å²) in [5, 5.41) is 36.0. The molecule has 1 aliphatic rings. The first kappa shape index (κ1) is 21.6. The lowest BCUT2D eigenvalue weighted by Crippen LogP contribution is -2.25. The Bertz CT molecular complexity index is 1220. The standard InChI is InChI=1S/C23H18N4O6/c28-21-15(11-18(26(30)31)12-20(21)27(32)33)14-24-25-22(29)19-13-23(19,16-7-3-1-4-8-16)17-9-5-2-6-10-17/h1-12,14,19,28H,13H2,(H,25,29)/b24-14-/t19-/m0/s1. The summed E-state index contributed by atoms with van der Waals surface area (Å²) in [6.07, 6.45) is 1.51. The van der Waals surface area contributed by atoms with E-state index in [4.69, 9.17) is 0 Å². The number of aromatic hydroxyl groups is 1. The van der Waals surface area contributed by atoms with Crippen molar-refractivity contribution in [1.29, 1.82) is 0 Å². The number of nitro benzene ring substituents is 2. The molecule has 0 bridgehead atoms. The molecular formula is C23H18N4O6. The summed E-state index contributed by atoms with van der Waals surface area (Å²) in [6.45, 7) is 0. The Labute approximate surface area is 187 Å². The molecule has 1 saturated carbocycles. The molecule has 3 aromatic rings. The molecule has 0 radical (unpaired) electrons. The molecule has 33 heavy (non-hydrogen) atoms. The minimum Gasteiger partial charge on any atom is -0.502 e. The molecule has 10 nitrogen and oxygen atoms in total. The molecule has 0 unspecified atom stereocenters. The highest BCUT2D eigenvalue weighted by atomic mass is 16.6. The summed E-state index contributed by atoms with van der Waals surface area (Å²) >= 11 is 0. The van der Waals surface area contributed by atoms with Gasteiger partial charge in [0.1, 0.15) is 0 Å². The van der Waals surface area contributed by atoms with Gasteiger partial charge in [0.25, 0.3) is 5.69 Å². The molecular weight excluding hydrogens is 428 g/mol. The summed E-state index contributed by atoms with van der Waals surface area (Å²) in [5.74, 6) is -1.57. The van der Waals surface area contributed by atoms with Crippen molar-refractivity contribution in [3.8, 4) is 5.75 Å². The van der Waals surface area contributed by atoms with Crippen LogP contribution in [0.3, 0.4) is 0 Å². The van der Waals surface area contributed by atoms with Gasteiger partial charge in [0.2, 0.25) is 11.7 Å². The van der Waals surface area contributed by atoms with Crippen molar-refractivity contribution in [2.45, 2.75) is 11.8 Å². The molecule has 1 atom stereocenters. The summed E-state index contributed by atoms with van der Waals surface area (Å²) in [5.41, 5.74) is 2.20. The monoisotopic (exact) mass is 446 g/mol. The Morgan fingerprint density at radius 2 is 1.58 bits per heavy atom. The SMILES string of the molecule is O=C(N/N=C\c1cc([N+](=O)[O-])cc([N+](=O)[O-])c1O)[C@@H]1CC1(c1ccccc1)c1ccccc1. The number of hydrazone groups is 1. The van der Waals surface area contributed by atoms with Gasteiger partial charge in [0.15, 0.2) is 0 Å². The molecule has 10 heteroatoms. The molecule has 0 aromatic heterocycles. The number of carbonyl (C=O) groups is 1. The minimum atomic E-state index is -0.934. The van der Waals surface area contributed by atoms with Crippen LogP contribution in [0.25, 0.3) is 0 Å². The maximum atomic E-state index is 12.9. The van der Waals surface area contributed by atoms with Crippen LogP contribution >= 0.6 is 0 Å². The van der Waals surface area contributed by atoms with E-state index in [0.29, 0.717) is 12.5 Å². The zero-order valence-electron chi connectivity index (χ0n) is 17.1. The van der Waals surface area contributed by atoms with Gasteiger partial charge in [-0.2, -0.15) is 5.10 Å². The van der Waals surface area contributed by atoms with Gasteiger partial charge >= 0.3 is 5.69 Å². The first-order valence-electron chi connectivity index (χ1n) is 9.94. The van der Waals surface area contributed by atoms with E-state index in [-0.39, 0.29) is 11.5 Å². The maximum absolute atomic E-state index is 12.9. The number of benzene rings is 3. The lowest BCUT2D eigenvalue weighted by molar-refractivity contribution is -0.394. The molecule has 4 rings (SSSR count). The molecule has 1 fully saturated rings. The summed E-state index contributed by atoms with van der Waals surface area (Å²) in [4.78, 5) is 33.3. The number of hydrogen-bond donors (Lipinski definition) is 2. The van der Waals surface area contributed by atoms with Crippen molar-refractivity contribution in [3.63, 3.8) is 0 Å². The zero-order valence-corrected chi connectivity index (χ0v) is 17.1. The Morgan fingerprint density at radius 1 is 1.00 bits per heavy atom. The normalized spacial score (nSPS) is 16.3. The quantitative estimate of drug-likeness (QED) is 0.321. The van der Waals surface area contributed by atoms with Gasteiger partial charge in [-0.05, 0) is 17.5 Å². The number of nitrogens with one attached hydrogen (secondary N) is 1. The highest BCUT2D eigenvalue weighted by Crippen LogP contribution is 2.58. The number of rotatable bonds is 7. The molecule has 0 spiro atoms. The van der Waals surface area contributed by atoms with Crippen LogP contribution in [0.4, 0.5) is 11.4 Å². The topological polar surface area (TPSA) is 148 Å². The van der Waals surface area contributed by atoms with Gasteiger partial charge in [0, 0.05) is 11.5 Å². The van der Waals surface area contributed by atoms with Crippen molar-refractivity contribution in [2.75, 3.05) is 0 Å². The van der Waals surface area contributed by atoms with Crippen LogP contribution in [0, 0.1) is 26.1 Å².